The quantitative estimate of drug-likeness (QED) is 0.888. The molecule has 0 amide bonds. The Morgan fingerprint density at radius 3 is 2.72 bits per heavy atom. The zero-order chi connectivity index (χ0) is 12.6. The molecule has 2 aliphatic carbocycles. The van der Waals surface area contributed by atoms with E-state index in [9.17, 15) is 9.90 Å². The van der Waals surface area contributed by atoms with Crippen LogP contribution >= 0.6 is 0 Å². The average Bonchev–Trinajstić information content (AvgIpc) is 3.12. The maximum absolute atomic E-state index is 11.6. The smallest absolute Gasteiger partial charge is 0.310 e. The van der Waals surface area contributed by atoms with E-state index >= 15 is 0 Å². The summed E-state index contributed by atoms with van der Waals surface area (Å²) >= 11 is 0. The number of rotatable bonds is 4. The van der Waals surface area contributed by atoms with E-state index in [1.165, 1.54) is 12.8 Å². The molecule has 0 aliphatic heterocycles. The second-order valence-corrected chi connectivity index (χ2v) is 5.71. The number of carbonyl (C=O) groups is 1. The molecule has 1 aromatic heterocycles. The van der Waals surface area contributed by atoms with Gasteiger partial charge in [0.1, 0.15) is 12.2 Å². The molecule has 18 heavy (non-hydrogen) atoms. The van der Waals surface area contributed by atoms with Gasteiger partial charge in [-0.2, -0.15) is 0 Å². The van der Waals surface area contributed by atoms with Crippen molar-refractivity contribution in [2.75, 3.05) is 0 Å². The normalized spacial score (nSPS) is 22.9. The SMILES string of the molecule is O=C(O)C1(Cc2nncn2C2CC2)CCCCC1. The molecule has 0 bridgehead atoms. The van der Waals surface area contributed by atoms with Gasteiger partial charge in [-0.3, -0.25) is 4.79 Å². The van der Waals surface area contributed by atoms with Crippen molar-refractivity contribution in [1.29, 1.82) is 0 Å². The summed E-state index contributed by atoms with van der Waals surface area (Å²) in [5.74, 6) is 0.203. The fourth-order valence-electron chi connectivity index (χ4n) is 3.05. The van der Waals surface area contributed by atoms with E-state index in [-0.39, 0.29) is 0 Å². The highest BCUT2D eigenvalue weighted by molar-refractivity contribution is 5.75. The molecule has 0 radical (unpaired) electrons. The summed E-state index contributed by atoms with van der Waals surface area (Å²) < 4.78 is 2.08. The predicted octanol–water partition coefficient (Wildman–Crippen LogP) is 2.19. The Hall–Kier alpha value is -1.39. The van der Waals surface area contributed by atoms with Crippen LogP contribution in [-0.2, 0) is 11.2 Å². The molecule has 5 heteroatoms. The van der Waals surface area contributed by atoms with Crippen molar-refractivity contribution >= 4 is 5.97 Å². The third kappa shape index (κ3) is 2.02. The third-order valence-electron chi connectivity index (χ3n) is 4.35. The van der Waals surface area contributed by atoms with Crippen molar-refractivity contribution in [2.24, 2.45) is 5.41 Å². The number of aromatic nitrogens is 3. The summed E-state index contributed by atoms with van der Waals surface area (Å²) in [5, 5.41) is 17.7. The van der Waals surface area contributed by atoms with Gasteiger partial charge in [-0.15, -0.1) is 10.2 Å². The first-order valence-electron chi connectivity index (χ1n) is 6.83. The van der Waals surface area contributed by atoms with Gasteiger partial charge in [0.2, 0.25) is 0 Å². The second-order valence-electron chi connectivity index (χ2n) is 5.71. The number of hydrogen-bond donors (Lipinski definition) is 1. The predicted molar refractivity (Wildman–Crippen MR) is 65.2 cm³/mol. The minimum absolute atomic E-state index is 0.518. The molecule has 1 aromatic rings. The van der Waals surface area contributed by atoms with Gasteiger partial charge in [-0.1, -0.05) is 19.3 Å². The van der Waals surface area contributed by atoms with Gasteiger partial charge in [-0.25, -0.2) is 0 Å². The van der Waals surface area contributed by atoms with E-state index in [4.69, 9.17) is 0 Å². The van der Waals surface area contributed by atoms with Crippen LogP contribution in [0.2, 0.25) is 0 Å². The van der Waals surface area contributed by atoms with Crippen LogP contribution in [0.3, 0.4) is 0 Å². The monoisotopic (exact) mass is 249 g/mol. The van der Waals surface area contributed by atoms with Crippen LogP contribution < -0.4 is 0 Å². The molecule has 0 atom stereocenters. The van der Waals surface area contributed by atoms with Gasteiger partial charge in [0.25, 0.3) is 0 Å². The van der Waals surface area contributed by atoms with Crippen LogP contribution in [0.15, 0.2) is 6.33 Å². The van der Waals surface area contributed by atoms with Gasteiger partial charge >= 0.3 is 5.97 Å². The van der Waals surface area contributed by atoms with Gasteiger partial charge in [0.15, 0.2) is 0 Å². The van der Waals surface area contributed by atoms with E-state index < -0.39 is 11.4 Å². The van der Waals surface area contributed by atoms with Gasteiger partial charge in [0, 0.05) is 12.5 Å². The van der Waals surface area contributed by atoms with E-state index in [1.807, 2.05) is 0 Å². The lowest BCUT2D eigenvalue weighted by Crippen LogP contribution is -2.36. The van der Waals surface area contributed by atoms with Crippen LogP contribution in [0.4, 0.5) is 0 Å². The van der Waals surface area contributed by atoms with Crippen molar-refractivity contribution in [3.63, 3.8) is 0 Å². The number of carboxylic acid groups (broad SMARTS) is 1. The number of hydrogen-bond acceptors (Lipinski definition) is 3. The summed E-state index contributed by atoms with van der Waals surface area (Å²) in [6.45, 7) is 0. The first-order valence-corrected chi connectivity index (χ1v) is 6.83. The topological polar surface area (TPSA) is 68.0 Å². The first-order chi connectivity index (χ1) is 8.71. The number of nitrogens with zero attached hydrogens (tertiary/aromatic N) is 3. The Morgan fingerprint density at radius 2 is 2.11 bits per heavy atom. The fraction of sp³-hybridized carbons (Fsp3) is 0.769. The van der Waals surface area contributed by atoms with Crippen LogP contribution in [0.25, 0.3) is 0 Å². The van der Waals surface area contributed by atoms with Crippen LogP contribution in [-0.4, -0.2) is 25.8 Å². The molecule has 2 saturated carbocycles. The summed E-state index contributed by atoms with van der Waals surface area (Å²) in [4.78, 5) is 11.6. The van der Waals surface area contributed by atoms with Crippen LogP contribution in [0, 0.1) is 5.41 Å². The molecule has 98 valence electrons. The summed E-state index contributed by atoms with van der Waals surface area (Å²) in [6.07, 6.45) is 9.39. The molecule has 1 heterocycles. The lowest BCUT2D eigenvalue weighted by Gasteiger charge is -2.32. The van der Waals surface area contributed by atoms with E-state index in [1.54, 1.807) is 6.33 Å². The van der Waals surface area contributed by atoms with Crippen molar-refractivity contribution in [3.8, 4) is 0 Å². The number of aliphatic carboxylic acids is 1. The molecular weight excluding hydrogens is 230 g/mol. The number of carboxylic acids is 1. The average molecular weight is 249 g/mol. The molecule has 2 fully saturated rings. The lowest BCUT2D eigenvalue weighted by atomic mass is 9.71. The largest absolute Gasteiger partial charge is 0.481 e. The van der Waals surface area contributed by atoms with Gasteiger partial charge in [0.05, 0.1) is 5.41 Å². The van der Waals surface area contributed by atoms with Crippen molar-refractivity contribution < 1.29 is 9.90 Å². The molecule has 0 spiro atoms. The Morgan fingerprint density at radius 1 is 1.39 bits per heavy atom. The highest BCUT2D eigenvalue weighted by Gasteiger charge is 2.41. The van der Waals surface area contributed by atoms with Gasteiger partial charge in [-0.05, 0) is 25.7 Å². The summed E-state index contributed by atoms with van der Waals surface area (Å²) in [5.41, 5.74) is -0.599. The molecule has 5 nitrogen and oxygen atoms in total. The lowest BCUT2D eigenvalue weighted by molar-refractivity contribution is -0.151. The van der Waals surface area contributed by atoms with Crippen molar-refractivity contribution in [3.05, 3.63) is 12.2 Å². The maximum Gasteiger partial charge on any atom is 0.310 e. The van der Waals surface area contributed by atoms with Crippen molar-refractivity contribution in [1.82, 2.24) is 14.8 Å². The highest BCUT2D eigenvalue weighted by atomic mass is 16.4. The molecule has 1 N–H and O–H groups in total. The summed E-state index contributed by atoms with van der Waals surface area (Å²) in [6, 6.07) is 0.518. The molecule has 2 aliphatic rings. The summed E-state index contributed by atoms with van der Waals surface area (Å²) in [7, 11) is 0. The third-order valence-corrected chi connectivity index (χ3v) is 4.35. The molecule has 0 unspecified atom stereocenters. The molecule has 0 aromatic carbocycles. The van der Waals surface area contributed by atoms with E-state index in [0.29, 0.717) is 12.5 Å². The van der Waals surface area contributed by atoms with E-state index in [0.717, 1.165) is 37.9 Å². The molecule has 0 saturated heterocycles. The first kappa shape index (κ1) is 11.7. The zero-order valence-corrected chi connectivity index (χ0v) is 10.5. The molecule has 3 rings (SSSR count). The molecular formula is C13H19N3O2. The maximum atomic E-state index is 11.6. The van der Waals surface area contributed by atoms with Gasteiger partial charge < -0.3 is 9.67 Å². The Labute approximate surface area is 106 Å². The van der Waals surface area contributed by atoms with Crippen LogP contribution in [0.5, 0.6) is 0 Å². The standard InChI is InChI=1S/C13H19N3O2/c17-12(18)13(6-2-1-3-7-13)8-11-15-14-9-16(11)10-4-5-10/h9-10H,1-8H2,(H,17,18). The minimum Gasteiger partial charge on any atom is -0.481 e. The Kier molecular flexibility index (Phi) is 2.84. The Bertz CT molecular complexity index is 445. The van der Waals surface area contributed by atoms with Crippen molar-refractivity contribution in [2.45, 2.75) is 57.4 Å². The zero-order valence-electron chi connectivity index (χ0n) is 10.5. The van der Waals surface area contributed by atoms with E-state index in [2.05, 4.69) is 14.8 Å². The van der Waals surface area contributed by atoms with Crippen LogP contribution in [0.1, 0.15) is 56.8 Å². The fourth-order valence-corrected chi connectivity index (χ4v) is 3.05. The second kappa shape index (κ2) is 4.37. The highest BCUT2D eigenvalue weighted by Crippen LogP contribution is 2.41. The Balaban J connectivity index is 1.83. The minimum atomic E-state index is -0.660.